The summed E-state index contributed by atoms with van der Waals surface area (Å²) in [7, 11) is 1.59. The van der Waals surface area contributed by atoms with E-state index < -0.39 is 0 Å². The van der Waals surface area contributed by atoms with Crippen molar-refractivity contribution >= 4 is 33.5 Å². The van der Waals surface area contributed by atoms with E-state index in [2.05, 4.69) is 10.6 Å². The minimum absolute atomic E-state index is 0.135. The summed E-state index contributed by atoms with van der Waals surface area (Å²) < 4.78 is 11.4. The Hall–Kier alpha value is -3.31. The average molecular weight is 374 g/mol. The van der Waals surface area contributed by atoms with Crippen LogP contribution in [0.1, 0.15) is 12.5 Å². The molecule has 0 saturated carbocycles. The van der Waals surface area contributed by atoms with Gasteiger partial charge in [0.25, 0.3) is 0 Å². The summed E-state index contributed by atoms with van der Waals surface area (Å²) in [6.07, 6.45) is 0. The fourth-order valence-corrected chi connectivity index (χ4v) is 3.22. The van der Waals surface area contributed by atoms with Crippen LogP contribution in [-0.2, 0) is 11.3 Å². The Morgan fingerprint density at radius 2 is 1.75 bits per heavy atom. The van der Waals surface area contributed by atoms with Crippen molar-refractivity contribution in [2.45, 2.75) is 19.5 Å². The predicted molar refractivity (Wildman–Crippen MR) is 112 cm³/mol. The van der Waals surface area contributed by atoms with E-state index in [4.69, 9.17) is 9.15 Å². The highest BCUT2D eigenvalue weighted by atomic mass is 16.5. The maximum Gasteiger partial charge on any atom is 0.241 e. The number of amides is 1. The first kappa shape index (κ1) is 18.1. The van der Waals surface area contributed by atoms with Crippen molar-refractivity contribution in [1.29, 1.82) is 0 Å². The zero-order chi connectivity index (χ0) is 19.5. The molecule has 1 heterocycles. The molecule has 0 radical (unpaired) electrons. The van der Waals surface area contributed by atoms with Crippen LogP contribution in [0.15, 0.2) is 71.1 Å². The normalized spacial score (nSPS) is 12.2. The van der Waals surface area contributed by atoms with Crippen LogP contribution in [0.2, 0.25) is 0 Å². The lowest BCUT2D eigenvalue weighted by atomic mass is 10.1. The smallest absolute Gasteiger partial charge is 0.241 e. The fourth-order valence-electron chi connectivity index (χ4n) is 3.22. The van der Waals surface area contributed by atoms with E-state index in [1.165, 1.54) is 0 Å². The van der Waals surface area contributed by atoms with Gasteiger partial charge in [0, 0.05) is 23.4 Å². The van der Waals surface area contributed by atoms with E-state index in [0.717, 1.165) is 21.9 Å². The van der Waals surface area contributed by atoms with E-state index >= 15 is 0 Å². The molecule has 2 N–H and O–H groups in total. The lowest BCUT2D eigenvalue weighted by Gasteiger charge is -2.16. The van der Waals surface area contributed by atoms with Crippen molar-refractivity contribution in [1.82, 2.24) is 5.32 Å². The number of para-hydroxylation sites is 1. The van der Waals surface area contributed by atoms with E-state index in [9.17, 15) is 4.79 Å². The molecule has 3 aromatic carbocycles. The molecular formula is C23H22N2O3. The largest absolute Gasteiger partial charge is 0.495 e. The lowest BCUT2D eigenvalue weighted by Crippen LogP contribution is -2.37. The predicted octanol–water partition coefficient (Wildman–Crippen LogP) is 4.71. The second kappa shape index (κ2) is 7.74. The number of carbonyl (C=O) groups is 1. The maximum atomic E-state index is 12.7. The summed E-state index contributed by atoms with van der Waals surface area (Å²) in [5.41, 5.74) is 3.24. The first-order valence-corrected chi connectivity index (χ1v) is 9.23. The Kier molecular flexibility index (Phi) is 5.00. The van der Waals surface area contributed by atoms with E-state index in [1.807, 2.05) is 73.7 Å². The molecule has 0 bridgehead atoms. The van der Waals surface area contributed by atoms with Crippen LogP contribution in [0.25, 0.3) is 21.9 Å². The van der Waals surface area contributed by atoms with E-state index in [1.54, 1.807) is 7.11 Å². The van der Waals surface area contributed by atoms with Gasteiger partial charge in [-0.15, -0.1) is 0 Å². The molecule has 1 atom stereocenters. The van der Waals surface area contributed by atoms with Gasteiger partial charge in [-0.3, -0.25) is 4.79 Å². The number of benzene rings is 3. The topological polar surface area (TPSA) is 63.5 Å². The molecule has 0 aliphatic rings. The van der Waals surface area contributed by atoms with E-state index in [-0.39, 0.29) is 11.9 Å². The highest BCUT2D eigenvalue weighted by molar-refractivity contribution is 6.08. The zero-order valence-corrected chi connectivity index (χ0v) is 15.9. The third-order valence-electron chi connectivity index (χ3n) is 4.81. The SMILES string of the molecule is COc1cc2c(cc1NC(=O)[C@H](C)NCc1ccccc1)oc1ccccc12. The quantitative estimate of drug-likeness (QED) is 0.513. The summed E-state index contributed by atoms with van der Waals surface area (Å²) in [5, 5.41) is 8.17. The van der Waals surface area contributed by atoms with Gasteiger partial charge in [-0.25, -0.2) is 0 Å². The van der Waals surface area contributed by atoms with Crippen molar-refractivity contribution < 1.29 is 13.9 Å². The lowest BCUT2D eigenvalue weighted by molar-refractivity contribution is -0.117. The van der Waals surface area contributed by atoms with Crippen LogP contribution in [-0.4, -0.2) is 19.1 Å². The monoisotopic (exact) mass is 374 g/mol. The van der Waals surface area contributed by atoms with Crippen molar-refractivity contribution in [3.05, 3.63) is 72.3 Å². The number of fused-ring (bicyclic) bond motifs is 3. The Labute approximate surface area is 163 Å². The van der Waals surface area contributed by atoms with Crippen LogP contribution >= 0.6 is 0 Å². The molecule has 5 nitrogen and oxygen atoms in total. The van der Waals surface area contributed by atoms with Gasteiger partial charge in [-0.05, 0) is 24.6 Å². The standard InChI is InChI=1S/C23H22N2O3/c1-15(24-14-16-8-4-3-5-9-16)23(26)25-19-13-21-18(12-22(19)27-2)17-10-6-7-11-20(17)28-21/h3-13,15,24H,14H2,1-2H3,(H,25,26)/t15-/m0/s1. The summed E-state index contributed by atoms with van der Waals surface area (Å²) in [6.45, 7) is 2.46. The molecule has 0 aliphatic heterocycles. The molecule has 142 valence electrons. The van der Waals surface area contributed by atoms with Gasteiger partial charge in [-0.2, -0.15) is 0 Å². The third kappa shape index (κ3) is 3.57. The molecule has 5 heteroatoms. The Morgan fingerprint density at radius 3 is 2.54 bits per heavy atom. The number of hydrogen-bond acceptors (Lipinski definition) is 4. The molecule has 4 aromatic rings. The zero-order valence-electron chi connectivity index (χ0n) is 15.9. The van der Waals surface area contributed by atoms with Gasteiger partial charge < -0.3 is 19.8 Å². The second-order valence-corrected chi connectivity index (χ2v) is 6.72. The number of methoxy groups -OCH3 is 1. The van der Waals surface area contributed by atoms with Crippen molar-refractivity contribution in [3.8, 4) is 5.75 Å². The van der Waals surface area contributed by atoms with Crippen LogP contribution < -0.4 is 15.4 Å². The number of rotatable bonds is 6. The van der Waals surface area contributed by atoms with Crippen LogP contribution in [0, 0.1) is 0 Å². The van der Waals surface area contributed by atoms with Crippen molar-refractivity contribution in [2.75, 3.05) is 12.4 Å². The highest BCUT2D eigenvalue weighted by Gasteiger charge is 2.17. The molecule has 0 saturated heterocycles. The average Bonchev–Trinajstić information content (AvgIpc) is 3.09. The van der Waals surface area contributed by atoms with Gasteiger partial charge in [0.05, 0.1) is 18.8 Å². The number of nitrogens with one attached hydrogen (secondary N) is 2. The molecule has 0 spiro atoms. The summed E-state index contributed by atoms with van der Waals surface area (Å²) in [5.74, 6) is 0.465. The van der Waals surface area contributed by atoms with Gasteiger partial charge in [0.1, 0.15) is 16.9 Å². The first-order chi connectivity index (χ1) is 13.7. The molecule has 0 fully saturated rings. The minimum Gasteiger partial charge on any atom is -0.495 e. The van der Waals surface area contributed by atoms with Crippen molar-refractivity contribution in [2.24, 2.45) is 0 Å². The third-order valence-corrected chi connectivity index (χ3v) is 4.81. The summed E-state index contributed by atoms with van der Waals surface area (Å²) in [6, 6.07) is 21.2. The molecule has 28 heavy (non-hydrogen) atoms. The van der Waals surface area contributed by atoms with Gasteiger partial charge >= 0.3 is 0 Å². The second-order valence-electron chi connectivity index (χ2n) is 6.72. The molecule has 1 amide bonds. The molecule has 0 unspecified atom stereocenters. The van der Waals surface area contributed by atoms with E-state index in [0.29, 0.717) is 23.6 Å². The summed E-state index contributed by atoms with van der Waals surface area (Å²) >= 11 is 0. The number of ether oxygens (including phenoxy) is 1. The maximum absolute atomic E-state index is 12.7. The van der Waals surface area contributed by atoms with Gasteiger partial charge in [-0.1, -0.05) is 48.5 Å². The van der Waals surface area contributed by atoms with Gasteiger partial charge in [0.15, 0.2) is 0 Å². The van der Waals surface area contributed by atoms with Crippen LogP contribution in [0.3, 0.4) is 0 Å². The number of furan rings is 1. The van der Waals surface area contributed by atoms with Crippen LogP contribution in [0.4, 0.5) is 5.69 Å². The molecule has 4 rings (SSSR count). The van der Waals surface area contributed by atoms with Gasteiger partial charge in [0.2, 0.25) is 5.91 Å². The number of carbonyl (C=O) groups excluding carboxylic acids is 1. The van der Waals surface area contributed by atoms with Crippen LogP contribution in [0.5, 0.6) is 5.75 Å². The summed E-state index contributed by atoms with van der Waals surface area (Å²) in [4.78, 5) is 12.7. The minimum atomic E-state index is -0.365. The Morgan fingerprint density at radius 1 is 1.00 bits per heavy atom. The first-order valence-electron chi connectivity index (χ1n) is 9.23. The molecular weight excluding hydrogens is 352 g/mol. The molecule has 1 aromatic heterocycles. The highest BCUT2D eigenvalue weighted by Crippen LogP contribution is 2.36. The Bertz CT molecular complexity index is 1120. The molecule has 0 aliphatic carbocycles. The Balaban J connectivity index is 1.54. The number of anilines is 1. The van der Waals surface area contributed by atoms with Crippen molar-refractivity contribution in [3.63, 3.8) is 0 Å². The fraction of sp³-hybridized carbons (Fsp3) is 0.174. The number of hydrogen-bond donors (Lipinski definition) is 2.